The molecule has 1 heterocycles. The number of hydrogen-bond acceptors (Lipinski definition) is 0. The van der Waals surface area contributed by atoms with E-state index in [4.69, 9.17) is 0 Å². The number of aryl methyl sites for hydroxylation is 1. The van der Waals surface area contributed by atoms with Gasteiger partial charge in [-0.1, -0.05) is 43.5 Å². The summed E-state index contributed by atoms with van der Waals surface area (Å²) < 4.78 is 0. The van der Waals surface area contributed by atoms with Gasteiger partial charge in [0.25, 0.3) is 0 Å². The molecule has 0 spiro atoms. The third-order valence-electron chi connectivity index (χ3n) is 2.24. The summed E-state index contributed by atoms with van der Waals surface area (Å²) in [7, 11) is 0. The van der Waals surface area contributed by atoms with E-state index >= 15 is 0 Å². The van der Waals surface area contributed by atoms with Crippen LogP contribution >= 0.6 is 0 Å². The topological polar surface area (TPSA) is 15.8 Å². The van der Waals surface area contributed by atoms with Crippen molar-refractivity contribution >= 4 is 18.2 Å². The van der Waals surface area contributed by atoms with E-state index in [1.807, 2.05) is 25.2 Å². The molecule has 1 heteroatoms. The molecule has 0 atom stereocenters. The fraction of sp³-hybridized carbons (Fsp3) is 0.143. The van der Waals surface area contributed by atoms with Gasteiger partial charge in [0, 0.05) is 22.5 Å². The Morgan fingerprint density at radius 3 is 2.40 bits per heavy atom. The number of allylic oxidation sites excluding steroid dienone is 3. The fourth-order valence-electron chi connectivity index (χ4n) is 1.57. The van der Waals surface area contributed by atoms with Gasteiger partial charge in [0.15, 0.2) is 0 Å². The quantitative estimate of drug-likeness (QED) is 0.699. The summed E-state index contributed by atoms with van der Waals surface area (Å²) in [6.45, 7) is 11.5. The van der Waals surface area contributed by atoms with Crippen LogP contribution < -0.4 is 0 Å². The van der Waals surface area contributed by atoms with Crippen molar-refractivity contribution in [2.75, 3.05) is 0 Å². The van der Waals surface area contributed by atoms with Crippen LogP contribution in [0.25, 0.3) is 18.2 Å². The second-order valence-corrected chi connectivity index (χ2v) is 3.29. The minimum Gasteiger partial charge on any atom is -0.358 e. The van der Waals surface area contributed by atoms with Crippen molar-refractivity contribution in [1.82, 2.24) is 4.98 Å². The van der Waals surface area contributed by atoms with Gasteiger partial charge >= 0.3 is 0 Å². The van der Waals surface area contributed by atoms with Crippen LogP contribution in [0.1, 0.15) is 29.4 Å². The van der Waals surface area contributed by atoms with Gasteiger partial charge in [-0.2, -0.15) is 0 Å². The molecule has 0 fully saturated rings. The number of nitrogens with one attached hydrogen (secondary N) is 1. The first kappa shape index (κ1) is 11.3. The highest BCUT2D eigenvalue weighted by Crippen LogP contribution is 2.22. The number of rotatable bonds is 4. The molecule has 1 aromatic heterocycles. The van der Waals surface area contributed by atoms with E-state index in [0.717, 1.165) is 11.4 Å². The second kappa shape index (κ2) is 5.20. The maximum absolute atomic E-state index is 3.80. The zero-order valence-electron chi connectivity index (χ0n) is 9.38. The highest BCUT2D eigenvalue weighted by atomic mass is 14.7. The molecule has 0 aliphatic rings. The van der Waals surface area contributed by atoms with Crippen molar-refractivity contribution in [3.8, 4) is 0 Å². The van der Waals surface area contributed by atoms with E-state index in [9.17, 15) is 0 Å². The molecule has 0 saturated carbocycles. The second-order valence-electron chi connectivity index (χ2n) is 3.29. The highest BCUT2D eigenvalue weighted by Gasteiger charge is 2.07. The molecular formula is C14H17N. The molecule has 0 radical (unpaired) electrons. The zero-order chi connectivity index (χ0) is 11.3. The SMILES string of the molecule is C=C/C=C\c1c(C)[nH]c(C=C)c1/C=C\C. The van der Waals surface area contributed by atoms with Crippen molar-refractivity contribution in [3.05, 3.63) is 53.9 Å². The van der Waals surface area contributed by atoms with Crippen LogP contribution in [0.4, 0.5) is 0 Å². The Balaban J connectivity index is 3.33. The maximum atomic E-state index is 3.80. The summed E-state index contributed by atoms with van der Waals surface area (Å²) in [6, 6.07) is 0. The Bertz CT molecular complexity index is 417. The van der Waals surface area contributed by atoms with E-state index in [2.05, 4.69) is 37.2 Å². The third kappa shape index (κ3) is 2.38. The first-order valence-corrected chi connectivity index (χ1v) is 5.01. The predicted octanol–water partition coefficient (Wildman–Crippen LogP) is 4.20. The molecular weight excluding hydrogens is 182 g/mol. The summed E-state index contributed by atoms with van der Waals surface area (Å²) >= 11 is 0. The van der Waals surface area contributed by atoms with Gasteiger partial charge in [0.1, 0.15) is 0 Å². The van der Waals surface area contributed by atoms with Crippen LogP contribution in [-0.4, -0.2) is 4.98 Å². The van der Waals surface area contributed by atoms with Crippen molar-refractivity contribution in [3.63, 3.8) is 0 Å². The van der Waals surface area contributed by atoms with Gasteiger partial charge in [0.2, 0.25) is 0 Å². The van der Waals surface area contributed by atoms with E-state index in [1.54, 1.807) is 6.08 Å². The number of hydrogen-bond donors (Lipinski definition) is 1. The lowest BCUT2D eigenvalue weighted by Gasteiger charge is -1.95. The molecule has 0 amide bonds. The Morgan fingerprint density at radius 1 is 1.13 bits per heavy atom. The van der Waals surface area contributed by atoms with Gasteiger partial charge in [-0.15, -0.1) is 0 Å². The largest absolute Gasteiger partial charge is 0.358 e. The molecule has 1 aromatic rings. The molecule has 1 rings (SSSR count). The summed E-state index contributed by atoms with van der Waals surface area (Å²) in [6.07, 6.45) is 11.7. The van der Waals surface area contributed by atoms with Gasteiger partial charge < -0.3 is 4.98 Å². The average Bonchev–Trinajstić information content (AvgIpc) is 2.53. The molecule has 0 aliphatic carbocycles. The molecule has 0 aromatic carbocycles. The van der Waals surface area contributed by atoms with Crippen molar-refractivity contribution in [2.45, 2.75) is 13.8 Å². The normalized spacial score (nSPS) is 11.3. The average molecular weight is 199 g/mol. The predicted molar refractivity (Wildman–Crippen MR) is 69.6 cm³/mol. The van der Waals surface area contributed by atoms with E-state index in [0.29, 0.717) is 0 Å². The van der Waals surface area contributed by atoms with Crippen LogP contribution in [-0.2, 0) is 0 Å². The molecule has 0 unspecified atom stereocenters. The van der Waals surface area contributed by atoms with Crippen LogP contribution in [0, 0.1) is 6.92 Å². The van der Waals surface area contributed by atoms with Crippen molar-refractivity contribution in [2.24, 2.45) is 0 Å². The minimum atomic E-state index is 1.06. The molecule has 78 valence electrons. The Kier molecular flexibility index (Phi) is 3.92. The smallest absolute Gasteiger partial charge is 0.0456 e. The van der Waals surface area contributed by atoms with E-state index in [-0.39, 0.29) is 0 Å². The summed E-state index contributed by atoms with van der Waals surface area (Å²) in [4.78, 5) is 3.30. The Morgan fingerprint density at radius 2 is 1.87 bits per heavy atom. The Labute approximate surface area is 91.5 Å². The van der Waals surface area contributed by atoms with Crippen molar-refractivity contribution < 1.29 is 0 Å². The monoisotopic (exact) mass is 199 g/mol. The number of aromatic nitrogens is 1. The molecule has 1 N–H and O–H groups in total. The molecule has 0 saturated heterocycles. The van der Waals surface area contributed by atoms with Crippen molar-refractivity contribution in [1.29, 1.82) is 0 Å². The van der Waals surface area contributed by atoms with E-state index < -0.39 is 0 Å². The highest BCUT2D eigenvalue weighted by molar-refractivity contribution is 5.74. The lowest BCUT2D eigenvalue weighted by molar-refractivity contribution is 1.24. The first-order chi connectivity index (χ1) is 7.24. The summed E-state index contributed by atoms with van der Waals surface area (Å²) in [5, 5.41) is 0. The number of H-pyrrole nitrogens is 1. The number of aromatic amines is 1. The first-order valence-electron chi connectivity index (χ1n) is 5.01. The van der Waals surface area contributed by atoms with Gasteiger partial charge in [-0.3, -0.25) is 0 Å². The lowest BCUT2D eigenvalue weighted by Crippen LogP contribution is -1.77. The standard InChI is InChI=1S/C14H17N/c1-5-8-10-12-11(4)15-14(7-3)13(12)9-6-2/h5-10,15H,1,3H2,2,4H3/b9-6-,10-8-. The van der Waals surface area contributed by atoms with Crippen LogP contribution in [0.2, 0.25) is 0 Å². The molecule has 15 heavy (non-hydrogen) atoms. The summed E-state index contributed by atoms with van der Waals surface area (Å²) in [5.41, 5.74) is 4.59. The van der Waals surface area contributed by atoms with Crippen LogP contribution in [0.5, 0.6) is 0 Å². The summed E-state index contributed by atoms with van der Waals surface area (Å²) in [5.74, 6) is 0. The van der Waals surface area contributed by atoms with Gasteiger partial charge in [-0.25, -0.2) is 0 Å². The van der Waals surface area contributed by atoms with Gasteiger partial charge in [0.05, 0.1) is 0 Å². The zero-order valence-corrected chi connectivity index (χ0v) is 9.38. The minimum absolute atomic E-state index is 1.06. The molecule has 0 aliphatic heterocycles. The Hall–Kier alpha value is -1.76. The lowest BCUT2D eigenvalue weighted by atomic mass is 10.1. The third-order valence-corrected chi connectivity index (χ3v) is 2.24. The van der Waals surface area contributed by atoms with E-state index in [1.165, 1.54) is 11.1 Å². The van der Waals surface area contributed by atoms with Crippen LogP contribution in [0.15, 0.2) is 31.4 Å². The molecule has 0 bridgehead atoms. The molecule has 1 nitrogen and oxygen atoms in total. The fourth-order valence-corrected chi connectivity index (χ4v) is 1.57. The maximum Gasteiger partial charge on any atom is 0.0456 e. The van der Waals surface area contributed by atoms with Gasteiger partial charge in [-0.05, 0) is 19.9 Å². The van der Waals surface area contributed by atoms with Crippen LogP contribution in [0.3, 0.4) is 0 Å².